The molecule has 6 rings (SSSR count). The van der Waals surface area contributed by atoms with Crippen molar-refractivity contribution in [2.75, 3.05) is 26.4 Å². The number of fused-ring (bicyclic) bond motifs is 6. The van der Waals surface area contributed by atoms with Crippen LogP contribution < -0.4 is 5.32 Å². The summed E-state index contributed by atoms with van der Waals surface area (Å²) < 4.78 is 56.6. The highest BCUT2D eigenvalue weighted by atomic mass is 32.7. The lowest BCUT2D eigenvalue weighted by atomic mass is 10.1. The fourth-order valence-corrected chi connectivity index (χ4v) is 7.11. The number of ether oxygens (including phenoxy) is 1. The third kappa shape index (κ3) is 5.58. The van der Waals surface area contributed by atoms with Crippen molar-refractivity contribution in [2.45, 2.75) is 36.7 Å². The van der Waals surface area contributed by atoms with Crippen molar-refractivity contribution in [1.29, 1.82) is 5.41 Å². The maximum Gasteiger partial charge on any atom is 0.387 e. The number of amides is 2. The molecule has 0 saturated carbocycles. The molecule has 0 aromatic carbocycles. The van der Waals surface area contributed by atoms with E-state index in [1.165, 1.54) is 4.90 Å². The Balaban J connectivity index is 1.30. The van der Waals surface area contributed by atoms with Gasteiger partial charge in [0.25, 0.3) is 11.8 Å². The zero-order valence-electron chi connectivity index (χ0n) is 20.4. The summed E-state index contributed by atoms with van der Waals surface area (Å²) in [7, 11) is 0. The Bertz CT molecular complexity index is 1460. The van der Waals surface area contributed by atoms with Gasteiger partial charge >= 0.3 is 13.5 Å². The third-order valence-corrected chi connectivity index (χ3v) is 9.62. The van der Waals surface area contributed by atoms with Crippen LogP contribution in [0.2, 0.25) is 0 Å². The zero-order chi connectivity index (χ0) is 29.1. The highest BCUT2D eigenvalue weighted by Crippen LogP contribution is 2.56. The summed E-state index contributed by atoms with van der Waals surface area (Å²) in [5.41, 5.74) is 0. The number of nitrogens with zero attached hydrogens (tertiary/aromatic N) is 7. The second-order valence-corrected chi connectivity index (χ2v) is 14.7. The van der Waals surface area contributed by atoms with Gasteiger partial charge in [0, 0.05) is 6.54 Å². The van der Waals surface area contributed by atoms with E-state index < -0.39 is 81.2 Å². The maximum atomic E-state index is 15.8. The first-order valence-corrected chi connectivity index (χ1v) is 17.1. The second kappa shape index (κ2) is 10.7. The Labute approximate surface area is 240 Å². The molecule has 0 radical (unpaired) electrons. The van der Waals surface area contributed by atoms with E-state index in [1.54, 1.807) is 0 Å². The monoisotopic (exact) mass is 651 g/mol. The highest BCUT2D eigenvalue weighted by molar-refractivity contribution is 8.44. The summed E-state index contributed by atoms with van der Waals surface area (Å²) in [5, 5.41) is 9.96. The van der Waals surface area contributed by atoms with Crippen LogP contribution >= 0.6 is 25.8 Å². The molecule has 41 heavy (non-hydrogen) atoms. The quantitative estimate of drug-likeness (QED) is 0.198. The fourth-order valence-electron chi connectivity index (χ4n) is 4.61. The maximum absolute atomic E-state index is 15.8. The standard InChI is InChI=1S/C18H20FN9O9P2S2/c19-9-7-3-34-38(31,40)33-2-1-27-8(24-11-13(27)21-5-22-15(11)29)4-35-39(32,41)37-12(9)17(36-7)28-6-23-10-14(28)25-18(20)26-16(10)30/h5-7,9-12,17H,1-4H2,(H,31,40)(H,32,41)(H2,20,26,30)/t7-,9-,10?,11?,12-,17-,38?,39?/m1/s1. The van der Waals surface area contributed by atoms with Crippen LogP contribution in [0.3, 0.4) is 0 Å². The van der Waals surface area contributed by atoms with Gasteiger partial charge in [-0.3, -0.25) is 39.3 Å². The summed E-state index contributed by atoms with van der Waals surface area (Å²) in [5.74, 6) is -1.49. The van der Waals surface area contributed by atoms with Gasteiger partial charge in [-0.25, -0.2) is 18.9 Å². The smallest absolute Gasteiger partial charge is 0.346 e. The van der Waals surface area contributed by atoms with Crippen LogP contribution in [0.5, 0.6) is 0 Å². The lowest BCUT2D eigenvalue weighted by molar-refractivity contribution is -0.120. The number of nitrogens with one attached hydrogen (secondary N) is 2. The Morgan fingerprint density at radius 1 is 1.24 bits per heavy atom. The molecule has 3 N–H and O–H groups in total. The number of amidine groups is 3. The van der Waals surface area contributed by atoms with Crippen LogP contribution in [-0.2, 0) is 48.8 Å². The molecule has 23 heteroatoms. The van der Waals surface area contributed by atoms with Crippen molar-refractivity contribution < 1.29 is 46.3 Å². The van der Waals surface area contributed by atoms with Crippen molar-refractivity contribution >= 4 is 85.5 Å². The largest absolute Gasteiger partial charge is 0.387 e. The SMILES string of the molecule is N=C1N=C2C(N=CN2[C@@H]2O[C@@H]3COP(O)(=S)OCCN4C(=NC5C(=O)N=CN=C54)COP(=O)(S)O[C@@H]2[C@@H]3F)C(=O)N1. The zero-order valence-corrected chi connectivity index (χ0v) is 23.9. The summed E-state index contributed by atoms with van der Waals surface area (Å²) in [4.78, 5) is 57.6. The van der Waals surface area contributed by atoms with E-state index in [0.717, 1.165) is 17.6 Å². The predicted octanol–water partition coefficient (Wildman–Crippen LogP) is -1.02. The fraction of sp³-hybridized carbons (Fsp3) is 0.556. The van der Waals surface area contributed by atoms with Crippen molar-refractivity contribution in [3.05, 3.63) is 0 Å². The molecule has 0 spiro atoms. The van der Waals surface area contributed by atoms with Crippen molar-refractivity contribution in [2.24, 2.45) is 25.0 Å². The first-order chi connectivity index (χ1) is 19.4. The molecule has 4 unspecified atom stereocenters. The minimum atomic E-state index is -4.38. The molecule has 0 aromatic heterocycles. The van der Waals surface area contributed by atoms with Crippen LogP contribution in [0.25, 0.3) is 0 Å². The van der Waals surface area contributed by atoms with E-state index in [9.17, 15) is 19.0 Å². The van der Waals surface area contributed by atoms with Gasteiger partial charge in [0.1, 0.15) is 36.8 Å². The van der Waals surface area contributed by atoms with E-state index in [-0.39, 0.29) is 30.7 Å². The minimum Gasteiger partial charge on any atom is -0.346 e. The first-order valence-electron chi connectivity index (χ1n) is 11.8. The van der Waals surface area contributed by atoms with Gasteiger partial charge in [-0.1, -0.05) is 12.2 Å². The van der Waals surface area contributed by atoms with E-state index in [4.69, 9.17) is 40.0 Å². The van der Waals surface area contributed by atoms with Gasteiger partial charge in [0.15, 0.2) is 30.3 Å². The van der Waals surface area contributed by atoms with Crippen molar-refractivity contribution in [1.82, 2.24) is 15.1 Å². The van der Waals surface area contributed by atoms with E-state index >= 15 is 4.39 Å². The molecular formula is C18H20FN9O9P2S2. The number of carbonyl (C=O) groups is 2. The second-order valence-electron chi connectivity index (χ2n) is 8.97. The molecule has 6 aliphatic heterocycles. The number of hydrogen-bond donors (Lipinski definition) is 4. The molecule has 6 aliphatic rings. The molecule has 2 amide bonds. The van der Waals surface area contributed by atoms with Crippen LogP contribution in [0.1, 0.15) is 0 Å². The van der Waals surface area contributed by atoms with Crippen LogP contribution in [0.15, 0.2) is 25.0 Å². The molecule has 2 saturated heterocycles. The van der Waals surface area contributed by atoms with Crippen molar-refractivity contribution in [3.63, 3.8) is 0 Å². The molecule has 220 valence electrons. The van der Waals surface area contributed by atoms with Crippen molar-refractivity contribution in [3.8, 4) is 0 Å². The number of thiol groups is 1. The Morgan fingerprint density at radius 2 is 2.05 bits per heavy atom. The highest BCUT2D eigenvalue weighted by Gasteiger charge is 2.54. The van der Waals surface area contributed by atoms with Crippen LogP contribution in [0, 0.1) is 5.41 Å². The third-order valence-electron chi connectivity index (χ3n) is 6.41. The Hall–Kier alpha value is -2.32. The molecule has 18 nitrogen and oxygen atoms in total. The normalized spacial score (nSPS) is 41.0. The number of rotatable bonds is 1. The number of halogens is 1. The van der Waals surface area contributed by atoms with Gasteiger partial charge < -0.3 is 23.6 Å². The van der Waals surface area contributed by atoms with Gasteiger partial charge in [-0.2, -0.15) is 9.98 Å². The molecular weight excluding hydrogens is 631 g/mol. The summed E-state index contributed by atoms with van der Waals surface area (Å²) >= 11 is 9.06. The Kier molecular flexibility index (Phi) is 7.55. The van der Waals surface area contributed by atoms with Crippen LogP contribution in [0.4, 0.5) is 4.39 Å². The number of carbonyl (C=O) groups excluding carboxylic acids is 2. The van der Waals surface area contributed by atoms with Gasteiger partial charge in [-0.15, -0.1) is 0 Å². The number of alkyl halides is 1. The van der Waals surface area contributed by atoms with Crippen LogP contribution in [-0.4, -0.2) is 126 Å². The van der Waals surface area contributed by atoms with E-state index in [1.807, 2.05) is 0 Å². The first kappa shape index (κ1) is 28.8. The topological polar surface area (TPSA) is 222 Å². The summed E-state index contributed by atoms with van der Waals surface area (Å²) in [6.45, 7) is -9.67. The van der Waals surface area contributed by atoms with Gasteiger partial charge in [-0.05, 0) is 11.8 Å². The molecule has 0 aliphatic carbocycles. The number of hydrogen-bond acceptors (Lipinski definition) is 15. The molecule has 2 bridgehead atoms. The van der Waals surface area contributed by atoms with E-state index in [2.05, 4.69) is 42.5 Å². The molecule has 8 atom stereocenters. The van der Waals surface area contributed by atoms with Gasteiger partial charge in [0.05, 0.1) is 19.6 Å². The van der Waals surface area contributed by atoms with Gasteiger partial charge in [0.2, 0.25) is 5.96 Å². The number of guanidine groups is 1. The summed E-state index contributed by atoms with van der Waals surface area (Å²) in [6, 6.07) is -2.22. The number of aliphatic imine (C=N–C) groups is 5. The average Bonchev–Trinajstić information content (AvgIpc) is 3.56. The Morgan fingerprint density at radius 3 is 2.85 bits per heavy atom. The molecule has 2 fully saturated rings. The molecule has 0 aromatic rings. The van der Waals surface area contributed by atoms with E-state index in [0.29, 0.717) is 0 Å². The summed E-state index contributed by atoms with van der Waals surface area (Å²) in [6.07, 6.45) is -4.41. The minimum absolute atomic E-state index is 0.0186. The predicted molar refractivity (Wildman–Crippen MR) is 146 cm³/mol. The lowest BCUT2D eigenvalue weighted by Crippen LogP contribution is -2.53. The average molecular weight is 651 g/mol. The lowest BCUT2D eigenvalue weighted by Gasteiger charge is -2.31. The molecule has 6 heterocycles.